The van der Waals surface area contributed by atoms with Crippen LogP contribution < -0.4 is 11.1 Å². The van der Waals surface area contributed by atoms with Gasteiger partial charge in [-0.1, -0.05) is 33.1 Å². The van der Waals surface area contributed by atoms with Gasteiger partial charge in [0.05, 0.1) is 0 Å². The Morgan fingerprint density at radius 2 is 2.07 bits per heavy atom. The molecule has 3 N–H and O–H groups in total. The summed E-state index contributed by atoms with van der Waals surface area (Å²) in [6.07, 6.45) is 5.29. The molecule has 0 saturated heterocycles. The summed E-state index contributed by atoms with van der Waals surface area (Å²) in [6, 6.07) is 0. The molecule has 0 aliphatic rings. The molecule has 0 aliphatic carbocycles. The summed E-state index contributed by atoms with van der Waals surface area (Å²) in [5.41, 5.74) is 5.29. The lowest BCUT2D eigenvalue weighted by atomic mass is 9.99. The van der Waals surface area contributed by atoms with Gasteiger partial charge in [-0.2, -0.15) is 0 Å². The largest absolute Gasteiger partial charge is 0.356 e. The number of amides is 1. The minimum atomic E-state index is 0. The Labute approximate surface area is 99.6 Å². The van der Waals surface area contributed by atoms with Crippen molar-refractivity contribution in [3.05, 3.63) is 0 Å². The third kappa shape index (κ3) is 10.0. The van der Waals surface area contributed by atoms with Crippen LogP contribution in [0.15, 0.2) is 0 Å². The summed E-state index contributed by atoms with van der Waals surface area (Å²) in [4.78, 5) is 11.1. The van der Waals surface area contributed by atoms with Gasteiger partial charge in [0.15, 0.2) is 0 Å². The van der Waals surface area contributed by atoms with E-state index in [2.05, 4.69) is 19.2 Å². The van der Waals surface area contributed by atoms with Crippen LogP contribution >= 0.6 is 12.4 Å². The average molecular weight is 237 g/mol. The van der Waals surface area contributed by atoms with E-state index >= 15 is 0 Å². The van der Waals surface area contributed by atoms with Crippen LogP contribution in [0.5, 0.6) is 0 Å². The molecule has 4 heteroatoms. The molecular weight excluding hydrogens is 212 g/mol. The van der Waals surface area contributed by atoms with Gasteiger partial charge in [0.1, 0.15) is 0 Å². The van der Waals surface area contributed by atoms with Crippen molar-refractivity contribution < 1.29 is 4.79 Å². The van der Waals surface area contributed by atoms with Crippen molar-refractivity contribution in [2.24, 2.45) is 11.7 Å². The monoisotopic (exact) mass is 236 g/mol. The number of halogens is 1. The van der Waals surface area contributed by atoms with Crippen molar-refractivity contribution in [1.82, 2.24) is 5.32 Å². The number of nitrogens with two attached hydrogens (primary N) is 1. The van der Waals surface area contributed by atoms with Crippen molar-refractivity contribution >= 4 is 18.3 Å². The van der Waals surface area contributed by atoms with Crippen molar-refractivity contribution in [1.29, 1.82) is 0 Å². The van der Waals surface area contributed by atoms with E-state index in [9.17, 15) is 4.79 Å². The third-order valence-electron chi connectivity index (χ3n) is 2.50. The lowest BCUT2D eigenvalue weighted by Crippen LogP contribution is -2.30. The van der Waals surface area contributed by atoms with E-state index in [-0.39, 0.29) is 18.3 Å². The van der Waals surface area contributed by atoms with Gasteiger partial charge in [-0.05, 0) is 12.3 Å². The lowest BCUT2D eigenvalue weighted by Gasteiger charge is -2.14. The molecule has 0 aromatic heterocycles. The summed E-state index contributed by atoms with van der Waals surface area (Å²) >= 11 is 0. The predicted molar refractivity (Wildman–Crippen MR) is 67.2 cm³/mol. The Kier molecular flexibility index (Phi) is 13.5. The molecule has 1 unspecified atom stereocenters. The lowest BCUT2D eigenvalue weighted by molar-refractivity contribution is -0.121. The summed E-state index contributed by atoms with van der Waals surface area (Å²) in [5, 5.41) is 2.92. The quantitative estimate of drug-likeness (QED) is 0.678. The fourth-order valence-electron chi connectivity index (χ4n) is 1.42. The minimum absolute atomic E-state index is 0. The molecule has 0 aromatic carbocycles. The zero-order valence-electron chi connectivity index (χ0n) is 9.92. The van der Waals surface area contributed by atoms with Gasteiger partial charge >= 0.3 is 0 Å². The van der Waals surface area contributed by atoms with Crippen molar-refractivity contribution in [3.63, 3.8) is 0 Å². The molecule has 0 aromatic rings. The number of carbonyl (C=O) groups excluding carboxylic acids is 1. The van der Waals surface area contributed by atoms with Crippen LogP contribution in [0.1, 0.15) is 46.0 Å². The SMILES string of the molecule is CCCCC(CC)CNC(=O)CCN.Cl. The fourth-order valence-corrected chi connectivity index (χ4v) is 1.42. The van der Waals surface area contributed by atoms with Gasteiger partial charge in [-0.3, -0.25) is 4.79 Å². The normalized spacial score (nSPS) is 11.7. The number of carbonyl (C=O) groups is 1. The molecule has 0 saturated carbocycles. The molecule has 1 amide bonds. The highest BCUT2D eigenvalue weighted by molar-refractivity contribution is 5.85. The maximum Gasteiger partial charge on any atom is 0.221 e. The fraction of sp³-hybridized carbons (Fsp3) is 0.909. The van der Waals surface area contributed by atoms with Crippen LogP contribution in [-0.2, 0) is 4.79 Å². The molecule has 0 heterocycles. The summed E-state index contributed by atoms with van der Waals surface area (Å²) < 4.78 is 0. The molecule has 3 nitrogen and oxygen atoms in total. The number of hydrogen-bond acceptors (Lipinski definition) is 2. The van der Waals surface area contributed by atoms with Gasteiger partial charge in [-0.15, -0.1) is 12.4 Å². The van der Waals surface area contributed by atoms with E-state index in [1.54, 1.807) is 0 Å². The van der Waals surface area contributed by atoms with Crippen molar-refractivity contribution in [2.45, 2.75) is 46.0 Å². The topological polar surface area (TPSA) is 55.1 Å². The standard InChI is InChI=1S/C11H24N2O.ClH/c1-3-5-6-10(4-2)9-13-11(14)7-8-12;/h10H,3-9,12H2,1-2H3,(H,13,14);1H. The summed E-state index contributed by atoms with van der Waals surface area (Å²) in [7, 11) is 0. The second-order valence-corrected chi connectivity index (χ2v) is 3.76. The van der Waals surface area contributed by atoms with Gasteiger partial charge in [0.25, 0.3) is 0 Å². The van der Waals surface area contributed by atoms with E-state index in [0.29, 0.717) is 18.9 Å². The Morgan fingerprint density at radius 1 is 1.40 bits per heavy atom. The summed E-state index contributed by atoms with van der Waals surface area (Å²) in [6.45, 7) is 5.63. The number of rotatable bonds is 8. The molecule has 0 bridgehead atoms. The van der Waals surface area contributed by atoms with E-state index in [4.69, 9.17) is 5.73 Å². The first-order valence-electron chi connectivity index (χ1n) is 5.71. The second kappa shape index (κ2) is 11.8. The minimum Gasteiger partial charge on any atom is -0.356 e. The second-order valence-electron chi connectivity index (χ2n) is 3.76. The highest BCUT2D eigenvalue weighted by Gasteiger charge is 2.07. The van der Waals surface area contributed by atoms with Crippen molar-refractivity contribution in [2.75, 3.05) is 13.1 Å². The Bertz CT molecular complexity index is 154. The van der Waals surface area contributed by atoms with Gasteiger partial charge in [-0.25, -0.2) is 0 Å². The van der Waals surface area contributed by atoms with Crippen LogP contribution in [0.3, 0.4) is 0 Å². The maximum atomic E-state index is 11.1. The van der Waals surface area contributed by atoms with Crippen LogP contribution in [0.25, 0.3) is 0 Å². The number of nitrogens with one attached hydrogen (secondary N) is 1. The third-order valence-corrected chi connectivity index (χ3v) is 2.50. The Hall–Kier alpha value is -0.280. The first-order valence-corrected chi connectivity index (χ1v) is 5.71. The molecule has 15 heavy (non-hydrogen) atoms. The summed E-state index contributed by atoms with van der Waals surface area (Å²) in [5.74, 6) is 0.721. The zero-order chi connectivity index (χ0) is 10.8. The molecule has 1 atom stereocenters. The van der Waals surface area contributed by atoms with Crippen LogP contribution in [-0.4, -0.2) is 19.0 Å². The van der Waals surface area contributed by atoms with E-state index in [1.807, 2.05) is 0 Å². The molecule has 0 spiro atoms. The highest BCUT2D eigenvalue weighted by atomic mass is 35.5. The van der Waals surface area contributed by atoms with Crippen molar-refractivity contribution in [3.8, 4) is 0 Å². The van der Waals surface area contributed by atoms with E-state index in [0.717, 1.165) is 13.0 Å². The average Bonchev–Trinajstić information content (AvgIpc) is 2.19. The number of unbranched alkanes of at least 4 members (excludes halogenated alkanes) is 1. The Balaban J connectivity index is 0. The Morgan fingerprint density at radius 3 is 2.53 bits per heavy atom. The first-order chi connectivity index (χ1) is 6.74. The van der Waals surface area contributed by atoms with Gasteiger partial charge in [0, 0.05) is 19.5 Å². The molecule has 92 valence electrons. The molecule has 0 fully saturated rings. The maximum absolute atomic E-state index is 11.1. The van der Waals surface area contributed by atoms with Crippen LogP contribution in [0.4, 0.5) is 0 Å². The highest BCUT2D eigenvalue weighted by Crippen LogP contribution is 2.10. The molecular formula is C11H25ClN2O. The smallest absolute Gasteiger partial charge is 0.221 e. The molecule has 0 radical (unpaired) electrons. The molecule has 0 rings (SSSR count). The zero-order valence-corrected chi connectivity index (χ0v) is 10.7. The van der Waals surface area contributed by atoms with Crippen LogP contribution in [0, 0.1) is 5.92 Å². The van der Waals surface area contributed by atoms with Gasteiger partial charge in [0.2, 0.25) is 5.91 Å². The predicted octanol–water partition coefficient (Wildman–Crippen LogP) is 2.09. The van der Waals surface area contributed by atoms with Gasteiger partial charge < -0.3 is 11.1 Å². The van der Waals surface area contributed by atoms with Crippen LogP contribution in [0.2, 0.25) is 0 Å². The number of hydrogen-bond donors (Lipinski definition) is 2. The van der Waals surface area contributed by atoms with E-state index < -0.39 is 0 Å². The molecule has 0 aliphatic heterocycles. The van der Waals surface area contributed by atoms with E-state index in [1.165, 1.54) is 19.3 Å². The first kappa shape index (κ1) is 17.1.